The van der Waals surface area contributed by atoms with E-state index >= 15 is 0 Å². The molecule has 2 amide bonds. The van der Waals surface area contributed by atoms with Gasteiger partial charge in [-0.3, -0.25) is 9.59 Å². The summed E-state index contributed by atoms with van der Waals surface area (Å²) in [6.07, 6.45) is 32.8. The van der Waals surface area contributed by atoms with Gasteiger partial charge in [-0.15, -0.1) is 0 Å². The van der Waals surface area contributed by atoms with Crippen LogP contribution in [0, 0.1) is 0 Å². The Morgan fingerprint density at radius 1 is 0.733 bits per heavy atom. The van der Waals surface area contributed by atoms with Gasteiger partial charge in [-0.2, -0.15) is 0 Å². The van der Waals surface area contributed by atoms with Crippen molar-refractivity contribution in [3.63, 3.8) is 0 Å². The molecule has 0 radical (unpaired) electrons. The lowest BCUT2D eigenvalue weighted by atomic mass is 10.1. The molecule has 0 aliphatic heterocycles. The number of methoxy groups -OCH3 is 1. The predicted octanol–water partition coefficient (Wildman–Crippen LogP) is 4.47. The van der Waals surface area contributed by atoms with Gasteiger partial charge in [0, 0.05) is 25.1 Å². The van der Waals surface area contributed by atoms with Gasteiger partial charge in [-0.25, -0.2) is 9.59 Å². The molecular weight excluding hydrogens is 576 g/mol. The number of carbonyl (C=O) groups excluding carboxylic acids is 4. The van der Waals surface area contributed by atoms with Crippen LogP contribution in [0.15, 0.2) is 85.1 Å². The largest absolute Gasteiger partial charge is 0.466 e. The topological polar surface area (TPSA) is 151 Å². The maximum absolute atomic E-state index is 12.6. The Bertz CT molecular complexity index is 1040. The standard InChI is InChI=1S/C35H52N2O8/c1-3-4-5-6-7-8-9-10-11-12-13-14-15-16-17-18-19-20-21-24-33(41)37-31(35(43)45-30(28-38)29-39)23-22-27-36-32(40)25-26-34(42)44-2/h4-5,7-8,10-11,13-14,16-17,19-20,25-26,30-31,38-39H,3,6,9,12,15,18,21-24,27-29H2,1-2H3,(H,36,40)(H,37,41)/b5-4-,8-7-,11-10-,14-13?,17-16-,20-19-,26-25+/t31-/m0/s1. The highest BCUT2D eigenvalue weighted by Crippen LogP contribution is 2.05. The van der Waals surface area contributed by atoms with Crippen molar-refractivity contribution in [1.82, 2.24) is 10.6 Å². The number of aliphatic hydroxyl groups is 2. The van der Waals surface area contributed by atoms with Gasteiger partial charge in [0.2, 0.25) is 11.8 Å². The average molecular weight is 629 g/mol. The van der Waals surface area contributed by atoms with Gasteiger partial charge >= 0.3 is 11.9 Å². The molecule has 0 aromatic heterocycles. The lowest BCUT2D eigenvalue weighted by Crippen LogP contribution is -2.44. The van der Waals surface area contributed by atoms with E-state index in [1.165, 1.54) is 7.11 Å². The number of rotatable bonds is 25. The molecule has 10 nitrogen and oxygen atoms in total. The first kappa shape index (κ1) is 41.0. The third kappa shape index (κ3) is 26.1. The SMILES string of the molecule is CC/C=C\C/C=C\C/C=C\CC=CC/C=C\C/C=C\CCC(=O)N[C@@H](CCCNC(=O)/C=C/C(=O)OC)C(=O)OC(CO)CO. The summed E-state index contributed by atoms with van der Waals surface area (Å²) >= 11 is 0. The molecule has 0 unspecified atom stereocenters. The summed E-state index contributed by atoms with van der Waals surface area (Å²) in [5.41, 5.74) is 0. The molecule has 1 atom stereocenters. The van der Waals surface area contributed by atoms with Crippen LogP contribution in [-0.2, 0) is 28.7 Å². The Labute approximate surface area is 268 Å². The van der Waals surface area contributed by atoms with Gasteiger partial charge in [0.1, 0.15) is 12.1 Å². The lowest BCUT2D eigenvalue weighted by molar-refractivity contribution is -0.157. The smallest absolute Gasteiger partial charge is 0.330 e. The number of amides is 2. The van der Waals surface area contributed by atoms with E-state index in [4.69, 9.17) is 4.74 Å². The Hall–Kier alpha value is -4.02. The first-order valence-electron chi connectivity index (χ1n) is 15.5. The fraction of sp³-hybridized carbons (Fsp3) is 0.486. The molecule has 0 aliphatic carbocycles. The van der Waals surface area contributed by atoms with Crippen LogP contribution in [0.25, 0.3) is 0 Å². The number of ether oxygens (including phenoxy) is 2. The molecule has 0 rings (SSSR count). The van der Waals surface area contributed by atoms with E-state index in [0.717, 1.165) is 50.7 Å². The summed E-state index contributed by atoms with van der Waals surface area (Å²) < 4.78 is 9.49. The highest BCUT2D eigenvalue weighted by atomic mass is 16.6. The third-order valence-corrected chi connectivity index (χ3v) is 5.99. The number of allylic oxidation sites excluding steroid dienone is 12. The molecule has 0 fully saturated rings. The number of hydrogen-bond acceptors (Lipinski definition) is 8. The summed E-state index contributed by atoms with van der Waals surface area (Å²) in [6.45, 7) is 1.18. The van der Waals surface area contributed by atoms with E-state index in [9.17, 15) is 29.4 Å². The van der Waals surface area contributed by atoms with Gasteiger partial charge < -0.3 is 30.3 Å². The van der Waals surface area contributed by atoms with Crippen molar-refractivity contribution in [3.8, 4) is 0 Å². The minimum atomic E-state index is -1.10. The minimum absolute atomic E-state index is 0.148. The van der Waals surface area contributed by atoms with Crippen LogP contribution in [0.1, 0.15) is 71.1 Å². The quantitative estimate of drug-likeness (QED) is 0.0501. The summed E-state index contributed by atoms with van der Waals surface area (Å²) in [6, 6.07) is -1.02. The average Bonchev–Trinajstić information content (AvgIpc) is 3.04. The first-order valence-corrected chi connectivity index (χ1v) is 15.5. The summed E-state index contributed by atoms with van der Waals surface area (Å²) in [5.74, 6) is -2.32. The van der Waals surface area contributed by atoms with Crippen molar-refractivity contribution in [1.29, 1.82) is 0 Å². The molecule has 0 spiro atoms. The molecule has 10 heteroatoms. The number of hydrogen-bond donors (Lipinski definition) is 4. The Morgan fingerprint density at radius 3 is 1.73 bits per heavy atom. The molecule has 0 saturated heterocycles. The summed E-state index contributed by atoms with van der Waals surface area (Å²) in [7, 11) is 1.19. The van der Waals surface area contributed by atoms with Crippen LogP contribution >= 0.6 is 0 Å². The van der Waals surface area contributed by atoms with Crippen LogP contribution in [0.5, 0.6) is 0 Å². The number of carbonyl (C=O) groups is 4. The number of esters is 2. The third-order valence-electron chi connectivity index (χ3n) is 5.99. The fourth-order valence-corrected chi connectivity index (χ4v) is 3.54. The normalized spacial score (nSPS) is 13.0. The highest BCUT2D eigenvalue weighted by molar-refractivity contribution is 5.94. The zero-order valence-corrected chi connectivity index (χ0v) is 26.8. The van der Waals surface area contributed by atoms with Crippen molar-refractivity contribution in [2.75, 3.05) is 26.9 Å². The highest BCUT2D eigenvalue weighted by Gasteiger charge is 2.24. The first-order chi connectivity index (χ1) is 21.9. The van der Waals surface area contributed by atoms with Crippen molar-refractivity contribution in [2.24, 2.45) is 0 Å². The van der Waals surface area contributed by atoms with E-state index in [-0.39, 0.29) is 25.3 Å². The van der Waals surface area contributed by atoms with E-state index in [1.807, 2.05) is 12.2 Å². The molecule has 0 heterocycles. The zero-order chi connectivity index (χ0) is 33.4. The van der Waals surface area contributed by atoms with Gasteiger partial charge in [0.05, 0.1) is 20.3 Å². The second kappa shape index (κ2) is 30.0. The molecular formula is C35H52N2O8. The second-order valence-electron chi connectivity index (χ2n) is 9.79. The monoisotopic (exact) mass is 628 g/mol. The lowest BCUT2D eigenvalue weighted by Gasteiger charge is -2.20. The fourth-order valence-electron chi connectivity index (χ4n) is 3.54. The van der Waals surface area contributed by atoms with E-state index < -0.39 is 43.2 Å². The van der Waals surface area contributed by atoms with Crippen LogP contribution < -0.4 is 10.6 Å². The van der Waals surface area contributed by atoms with Crippen LogP contribution in [0.2, 0.25) is 0 Å². The maximum Gasteiger partial charge on any atom is 0.330 e. The van der Waals surface area contributed by atoms with Gasteiger partial charge in [0.15, 0.2) is 0 Å². The predicted molar refractivity (Wildman–Crippen MR) is 177 cm³/mol. The van der Waals surface area contributed by atoms with Gasteiger partial charge in [-0.1, -0.05) is 79.8 Å². The van der Waals surface area contributed by atoms with Crippen molar-refractivity contribution in [3.05, 3.63) is 85.1 Å². The molecule has 45 heavy (non-hydrogen) atoms. The molecule has 4 N–H and O–H groups in total. The number of aliphatic hydroxyl groups excluding tert-OH is 2. The zero-order valence-electron chi connectivity index (χ0n) is 26.8. The maximum atomic E-state index is 12.6. The van der Waals surface area contributed by atoms with Crippen molar-refractivity contribution < 1.29 is 38.9 Å². The Morgan fingerprint density at radius 2 is 1.24 bits per heavy atom. The van der Waals surface area contributed by atoms with Gasteiger partial charge in [0.25, 0.3) is 0 Å². The van der Waals surface area contributed by atoms with Crippen molar-refractivity contribution >= 4 is 23.8 Å². The second-order valence-corrected chi connectivity index (χ2v) is 9.79. The van der Waals surface area contributed by atoms with Crippen LogP contribution in [-0.4, -0.2) is 73.0 Å². The van der Waals surface area contributed by atoms with Gasteiger partial charge in [-0.05, 0) is 57.8 Å². The van der Waals surface area contributed by atoms with Crippen LogP contribution in [0.4, 0.5) is 0 Å². The van der Waals surface area contributed by atoms with Crippen molar-refractivity contribution in [2.45, 2.75) is 83.3 Å². The molecule has 250 valence electrons. The van der Waals surface area contributed by atoms with E-state index in [0.29, 0.717) is 12.8 Å². The van der Waals surface area contributed by atoms with E-state index in [1.54, 1.807) is 0 Å². The molecule has 0 saturated carbocycles. The van der Waals surface area contributed by atoms with E-state index in [2.05, 4.69) is 83.1 Å². The molecule has 0 aromatic rings. The molecule has 0 aromatic carbocycles. The number of nitrogens with one attached hydrogen (secondary N) is 2. The molecule has 0 aliphatic rings. The molecule has 0 bridgehead atoms. The Balaban J connectivity index is 4.42. The Kier molecular flexibility index (Phi) is 27.3. The summed E-state index contributed by atoms with van der Waals surface area (Å²) in [5, 5.41) is 23.6. The van der Waals surface area contributed by atoms with Crippen LogP contribution in [0.3, 0.4) is 0 Å². The minimum Gasteiger partial charge on any atom is -0.466 e. The summed E-state index contributed by atoms with van der Waals surface area (Å²) in [4.78, 5) is 47.8.